The van der Waals surface area contributed by atoms with E-state index in [1.54, 1.807) is 19.1 Å². The number of amides is 2. The summed E-state index contributed by atoms with van der Waals surface area (Å²) in [5, 5.41) is 5.25. The van der Waals surface area contributed by atoms with Crippen LogP contribution in [0.5, 0.6) is 0 Å². The molecule has 0 radical (unpaired) electrons. The van der Waals surface area contributed by atoms with Gasteiger partial charge in [-0.05, 0) is 31.5 Å². The second kappa shape index (κ2) is 8.16. The van der Waals surface area contributed by atoms with Gasteiger partial charge in [0.25, 0.3) is 0 Å². The predicted octanol–water partition coefficient (Wildman–Crippen LogP) is 1.78. The van der Waals surface area contributed by atoms with Crippen molar-refractivity contribution in [3.63, 3.8) is 0 Å². The molecule has 1 aromatic carbocycles. The number of ether oxygens (including phenoxy) is 1. The number of nitrogens with two attached hydrogens (primary N) is 1. The van der Waals surface area contributed by atoms with Gasteiger partial charge in [0.2, 0.25) is 0 Å². The lowest BCUT2D eigenvalue weighted by Gasteiger charge is -2.09. The molecule has 0 spiro atoms. The lowest BCUT2D eigenvalue weighted by atomic mass is 10.1. The number of benzene rings is 1. The molecular formula is C14H21N3O3. The molecule has 1 unspecified atom stereocenters. The lowest BCUT2D eigenvalue weighted by molar-refractivity contribution is -0.142. The van der Waals surface area contributed by atoms with Gasteiger partial charge in [0.1, 0.15) is 0 Å². The number of esters is 1. The maximum atomic E-state index is 11.6. The predicted molar refractivity (Wildman–Crippen MR) is 77.3 cm³/mol. The van der Waals surface area contributed by atoms with Gasteiger partial charge in [0, 0.05) is 18.3 Å². The van der Waals surface area contributed by atoms with E-state index in [0.717, 1.165) is 5.56 Å². The molecular weight excluding hydrogens is 258 g/mol. The zero-order valence-electron chi connectivity index (χ0n) is 11.8. The summed E-state index contributed by atoms with van der Waals surface area (Å²) in [5.41, 5.74) is 7.41. The van der Waals surface area contributed by atoms with Crippen LogP contribution in [0.25, 0.3) is 0 Å². The first-order chi connectivity index (χ1) is 9.52. The van der Waals surface area contributed by atoms with Crippen molar-refractivity contribution < 1.29 is 14.3 Å². The summed E-state index contributed by atoms with van der Waals surface area (Å²) in [6, 6.07) is 6.88. The second-order valence-electron chi connectivity index (χ2n) is 4.35. The number of hydrogen-bond acceptors (Lipinski definition) is 4. The Morgan fingerprint density at radius 3 is 2.50 bits per heavy atom. The Labute approximate surface area is 118 Å². The Morgan fingerprint density at radius 1 is 1.30 bits per heavy atom. The summed E-state index contributed by atoms with van der Waals surface area (Å²) in [6.07, 6.45) is 0.158. The van der Waals surface area contributed by atoms with Crippen molar-refractivity contribution in [3.8, 4) is 0 Å². The van der Waals surface area contributed by atoms with Crippen LogP contribution >= 0.6 is 0 Å². The van der Waals surface area contributed by atoms with Gasteiger partial charge >= 0.3 is 12.0 Å². The highest BCUT2D eigenvalue weighted by molar-refractivity contribution is 5.89. The summed E-state index contributed by atoms with van der Waals surface area (Å²) in [5.74, 6) is -0.325. The molecule has 0 saturated carbocycles. The molecule has 6 nitrogen and oxygen atoms in total. The van der Waals surface area contributed by atoms with E-state index < -0.39 is 0 Å². The normalized spacial score (nSPS) is 11.6. The Balaban J connectivity index is 2.33. The van der Waals surface area contributed by atoms with Crippen LogP contribution in [0, 0.1) is 0 Å². The van der Waals surface area contributed by atoms with Crippen LogP contribution in [0.3, 0.4) is 0 Å². The molecule has 0 fully saturated rings. The van der Waals surface area contributed by atoms with Crippen molar-refractivity contribution >= 4 is 17.7 Å². The first-order valence-corrected chi connectivity index (χ1v) is 6.59. The van der Waals surface area contributed by atoms with Crippen LogP contribution in [-0.2, 0) is 9.53 Å². The third-order valence-corrected chi connectivity index (χ3v) is 2.61. The SMILES string of the molecule is CCOC(=O)CCNC(=O)Nc1ccc(C(C)N)cc1. The van der Waals surface area contributed by atoms with Crippen molar-refractivity contribution in [1.29, 1.82) is 0 Å². The quantitative estimate of drug-likeness (QED) is 0.692. The number of carbonyl (C=O) groups is 2. The first kappa shape index (κ1) is 16.0. The second-order valence-corrected chi connectivity index (χ2v) is 4.35. The zero-order chi connectivity index (χ0) is 15.0. The third kappa shape index (κ3) is 5.71. The number of carbonyl (C=O) groups excluding carboxylic acids is 2. The molecule has 0 aliphatic carbocycles. The Morgan fingerprint density at radius 2 is 1.95 bits per heavy atom. The fraction of sp³-hybridized carbons (Fsp3) is 0.429. The van der Waals surface area contributed by atoms with Crippen molar-refractivity contribution in [3.05, 3.63) is 29.8 Å². The van der Waals surface area contributed by atoms with Crippen molar-refractivity contribution in [1.82, 2.24) is 5.32 Å². The topological polar surface area (TPSA) is 93.4 Å². The number of anilines is 1. The summed E-state index contributed by atoms with van der Waals surface area (Å²) in [6.45, 7) is 4.22. The maximum Gasteiger partial charge on any atom is 0.319 e. The van der Waals surface area contributed by atoms with Gasteiger partial charge < -0.3 is 21.1 Å². The van der Waals surface area contributed by atoms with E-state index in [4.69, 9.17) is 10.5 Å². The summed E-state index contributed by atoms with van der Waals surface area (Å²) in [4.78, 5) is 22.6. The molecule has 4 N–H and O–H groups in total. The smallest absolute Gasteiger partial charge is 0.319 e. The van der Waals surface area contributed by atoms with Gasteiger partial charge in [-0.2, -0.15) is 0 Å². The molecule has 1 aromatic rings. The number of nitrogens with one attached hydrogen (secondary N) is 2. The van der Waals surface area contributed by atoms with Gasteiger partial charge in [0.05, 0.1) is 13.0 Å². The highest BCUT2D eigenvalue weighted by atomic mass is 16.5. The van der Waals surface area contributed by atoms with E-state index in [1.807, 2.05) is 19.1 Å². The minimum Gasteiger partial charge on any atom is -0.466 e. The molecule has 0 bridgehead atoms. The van der Waals surface area contributed by atoms with Gasteiger partial charge in [-0.25, -0.2) is 4.79 Å². The van der Waals surface area contributed by atoms with Crippen molar-refractivity contribution in [2.24, 2.45) is 5.73 Å². The highest BCUT2D eigenvalue weighted by Gasteiger charge is 2.05. The molecule has 0 aliphatic heterocycles. The van der Waals surface area contributed by atoms with Crippen LogP contribution < -0.4 is 16.4 Å². The Bertz CT molecular complexity index is 443. The van der Waals surface area contributed by atoms with Crippen LogP contribution in [0.4, 0.5) is 10.5 Å². The van der Waals surface area contributed by atoms with Crippen LogP contribution in [0.2, 0.25) is 0 Å². The molecule has 6 heteroatoms. The van der Waals surface area contributed by atoms with E-state index in [0.29, 0.717) is 12.3 Å². The number of rotatable bonds is 6. The molecule has 1 atom stereocenters. The van der Waals surface area contributed by atoms with E-state index in [-0.39, 0.29) is 31.0 Å². The van der Waals surface area contributed by atoms with E-state index in [9.17, 15) is 9.59 Å². The molecule has 0 saturated heterocycles. The minimum atomic E-state index is -0.358. The monoisotopic (exact) mass is 279 g/mol. The largest absolute Gasteiger partial charge is 0.466 e. The van der Waals surface area contributed by atoms with Gasteiger partial charge in [0.15, 0.2) is 0 Å². The Hall–Kier alpha value is -2.08. The van der Waals surface area contributed by atoms with Crippen LogP contribution in [-0.4, -0.2) is 25.2 Å². The molecule has 2 amide bonds. The number of hydrogen-bond donors (Lipinski definition) is 3. The van der Waals surface area contributed by atoms with E-state index in [1.165, 1.54) is 0 Å². The highest BCUT2D eigenvalue weighted by Crippen LogP contribution is 2.13. The van der Waals surface area contributed by atoms with Gasteiger partial charge in [-0.1, -0.05) is 12.1 Å². The zero-order valence-corrected chi connectivity index (χ0v) is 11.8. The summed E-state index contributed by atoms with van der Waals surface area (Å²) in [7, 11) is 0. The van der Waals surface area contributed by atoms with Gasteiger partial charge in [-0.15, -0.1) is 0 Å². The molecule has 0 aliphatic rings. The van der Waals surface area contributed by atoms with E-state index in [2.05, 4.69) is 10.6 Å². The fourth-order valence-electron chi connectivity index (χ4n) is 1.56. The lowest BCUT2D eigenvalue weighted by Crippen LogP contribution is -2.30. The minimum absolute atomic E-state index is 0.0394. The average Bonchev–Trinajstić information content (AvgIpc) is 2.39. The number of urea groups is 1. The molecule has 0 aromatic heterocycles. The average molecular weight is 279 g/mol. The molecule has 1 rings (SSSR count). The molecule has 110 valence electrons. The molecule has 0 heterocycles. The Kier molecular flexibility index (Phi) is 6.52. The van der Waals surface area contributed by atoms with Crippen molar-refractivity contribution in [2.45, 2.75) is 26.3 Å². The third-order valence-electron chi connectivity index (χ3n) is 2.61. The summed E-state index contributed by atoms with van der Waals surface area (Å²) < 4.78 is 4.76. The standard InChI is InChI=1S/C14H21N3O3/c1-3-20-13(18)8-9-16-14(19)17-12-6-4-11(5-7-12)10(2)15/h4-7,10H,3,8-9,15H2,1-2H3,(H2,16,17,19). The van der Waals surface area contributed by atoms with Crippen molar-refractivity contribution in [2.75, 3.05) is 18.5 Å². The molecule has 20 heavy (non-hydrogen) atoms. The fourth-order valence-corrected chi connectivity index (χ4v) is 1.56. The maximum absolute atomic E-state index is 11.6. The van der Waals surface area contributed by atoms with Crippen LogP contribution in [0.1, 0.15) is 31.9 Å². The first-order valence-electron chi connectivity index (χ1n) is 6.59. The summed E-state index contributed by atoms with van der Waals surface area (Å²) >= 11 is 0. The van der Waals surface area contributed by atoms with Gasteiger partial charge in [-0.3, -0.25) is 4.79 Å². The van der Waals surface area contributed by atoms with Crippen LogP contribution in [0.15, 0.2) is 24.3 Å². The van der Waals surface area contributed by atoms with E-state index >= 15 is 0 Å².